The standard InChI is InChI=1S/C15H19NS/c1-2-14(9-10-16)17-15-8-7-12-5-3-4-6-13(12)11-15/h3-8,11,14H,2,9-10,16H2,1H3. The lowest BCUT2D eigenvalue weighted by Gasteiger charge is -2.13. The summed E-state index contributed by atoms with van der Waals surface area (Å²) >= 11 is 1.95. The van der Waals surface area contributed by atoms with Crippen LogP contribution in [0.3, 0.4) is 0 Å². The van der Waals surface area contributed by atoms with Crippen LogP contribution in [0.5, 0.6) is 0 Å². The predicted molar refractivity (Wildman–Crippen MR) is 77.6 cm³/mol. The topological polar surface area (TPSA) is 26.0 Å². The van der Waals surface area contributed by atoms with E-state index in [1.807, 2.05) is 11.8 Å². The van der Waals surface area contributed by atoms with Gasteiger partial charge < -0.3 is 5.73 Å². The van der Waals surface area contributed by atoms with E-state index in [0.29, 0.717) is 5.25 Å². The molecular weight excluding hydrogens is 226 g/mol. The summed E-state index contributed by atoms with van der Waals surface area (Å²) in [5, 5.41) is 3.27. The van der Waals surface area contributed by atoms with Crippen molar-refractivity contribution in [2.24, 2.45) is 5.73 Å². The minimum Gasteiger partial charge on any atom is -0.330 e. The molecule has 0 amide bonds. The fourth-order valence-electron chi connectivity index (χ4n) is 1.97. The van der Waals surface area contributed by atoms with Crippen molar-refractivity contribution in [2.45, 2.75) is 29.9 Å². The van der Waals surface area contributed by atoms with Gasteiger partial charge in [0.15, 0.2) is 0 Å². The van der Waals surface area contributed by atoms with Gasteiger partial charge in [-0.2, -0.15) is 0 Å². The average molecular weight is 245 g/mol. The third-order valence-corrected chi connectivity index (χ3v) is 4.40. The fourth-order valence-corrected chi connectivity index (χ4v) is 3.11. The Morgan fingerprint density at radius 1 is 1.12 bits per heavy atom. The van der Waals surface area contributed by atoms with Gasteiger partial charge in [0.2, 0.25) is 0 Å². The molecule has 90 valence electrons. The van der Waals surface area contributed by atoms with E-state index in [4.69, 9.17) is 5.73 Å². The molecule has 0 heterocycles. The Hall–Kier alpha value is -0.990. The van der Waals surface area contributed by atoms with Crippen molar-refractivity contribution in [2.75, 3.05) is 6.54 Å². The van der Waals surface area contributed by atoms with Crippen LogP contribution in [0.4, 0.5) is 0 Å². The van der Waals surface area contributed by atoms with Crippen molar-refractivity contribution in [1.29, 1.82) is 0 Å². The van der Waals surface area contributed by atoms with Gasteiger partial charge in [-0.1, -0.05) is 37.3 Å². The molecule has 2 heteroatoms. The van der Waals surface area contributed by atoms with E-state index in [-0.39, 0.29) is 0 Å². The molecule has 1 unspecified atom stereocenters. The average Bonchev–Trinajstić information content (AvgIpc) is 2.38. The van der Waals surface area contributed by atoms with Gasteiger partial charge in [-0.3, -0.25) is 0 Å². The van der Waals surface area contributed by atoms with Crippen LogP contribution < -0.4 is 5.73 Å². The molecule has 2 aromatic carbocycles. The molecule has 1 nitrogen and oxygen atoms in total. The molecular formula is C15H19NS. The molecule has 0 aliphatic heterocycles. The van der Waals surface area contributed by atoms with Crippen molar-refractivity contribution in [1.82, 2.24) is 0 Å². The first kappa shape index (κ1) is 12.5. The highest BCUT2D eigenvalue weighted by Crippen LogP contribution is 2.29. The molecule has 0 aliphatic carbocycles. The number of hydrogen-bond acceptors (Lipinski definition) is 2. The van der Waals surface area contributed by atoms with Crippen LogP contribution in [0.1, 0.15) is 19.8 Å². The van der Waals surface area contributed by atoms with Gasteiger partial charge in [-0.25, -0.2) is 0 Å². The lowest BCUT2D eigenvalue weighted by atomic mass is 10.1. The summed E-state index contributed by atoms with van der Waals surface area (Å²) in [4.78, 5) is 1.35. The molecule has 0 radical (unpaired) electrons. The van der Waals surface area contributed by atoms with Crippen molar-refractivity contribution in [3.63, 3.8) is 0 Å². The third kappa shape index (κ3) is 3.24. The second-order valence-electron chi connectivity index (χ2n) is 4.23. The number of rotatable bonds is 5. The first-order valence-electron chi connectivity index (χ1n) is 6.19. The van der Waals surface area contributed by atoms with Crippen LogP contribution in [0.25, 0.3) is 10.8 Å². The van der Waals surface area contributed by atoms with Crippen LogP contribution in [-0.4, -0.2) is 11.8 Å². The largest absolute Gasteiger partial charge is 0.330 e. The van der Waals surface area contributed by atoms with Crippen molar-refractivity contribution in [3.05, 3.63) is 42.5 Å². The summed E-state index contributed by atoms with van der Waals surface area (Å²) in [5.74, 6) is 0. The van der Waals surface area contributed by atoms with E-state index in [1.54, 1.807) is 0 Å². The van der Waals surface area contributed by atoms with Crippen LogP contribution in [0, 0.1) is 0 Å². The fraction of sp³-hybridized carbons (Fsp3) is 0.333. The van der Waals surface area contributed by atoms with E-state index >= 15 is 0 Å². The van der Waals surface area contributed by atoms with Gasteiger partial charge in [0.1, 0.15) is 0 Å². The summed E-state index contributed by atoms with van der Waals surface area (Å²) in [7, 11) is 0. The molecule has 0 spiro atoms. The lowest BCUT2D eigenvalue weighted by molar-refractivity contribution is 0.745. The molecule has 2 aromatic rings. The smallest absolute Gasteiger partial charge is 0.0104 e. The van der Waals surface area contributed by atoms with Crippen LogP contribution in [0.15, 0.2) is 47.4 Å². The quantitative estimate of drug-likeness (QED) is 0.804. The first-order chi connectivity index (χ1) is 8.33. The minimum atomic E-state index is 0.640. The van der Waals surface area contributed by atoms with Crippen LogP contribution in [0.2, 0.25) is 0 Å². The van der Waals surface area contributed by atoms with Gasteiger partial charge in [-0.05, 0) is 42.3 Å². The highest BCUT2D eigenvalue weighted by molar-refractivity contribution is 8.00. The summed E-state index contributed by atoms with van der Waals surface area (Å²) in [5.41, 5.74) is 5.64. The predicted octanol–water partition coefficient (Wildman–Crippen LogP) is 4.06. The Labute approximate surface area is 107 Å². The number of hydrogen-bond donors (Lipinski definition) is 1. The molecule has 1 atom stereocenters. The van der Waals surface area contributed by atoms with E-state index < -0.39 is 0 Å². The Balaban J connectivity index is 2.18. The van der Waals surface area contributed by atoms with Crippen molar-refractivity contribution < 1.29 is 0 Å². The molecule has 0 saturated heterocycles. The van der Waals surface area contributed by atoms with Gasteiger partial charge in [0.25, 0.3) is 0 Å². The number of thioether (sulfide) groups is 1. The zero-order valence-corrected chi connectivity index (χ0v) is 11.0. The molecule has 0 bridgehead atoms. The highest BCUT2D eigenvalue weighted by atomic mass is 32.2. The molecule has 0 fully saturated rings. The van der Waals surface area contributed by atoms with Crippen molar-refractivity contribution >= 4 is 22.5 Å². The van der Waals surface area contributed by atoms with E-state index in [1.165, 1.54) is 22.1 Å². The number of benzene rings is 2. The van der Waals surface area contributed by atoms with Crippen LogP contribution in [-0.2, 0) is 0 Å². The number of nitrogens with two attached hydrogens (primary N) is 1. The SMILES string of the molecule is CCC(CCN)Sc1ccc2ccccc2c1. The molecule has 2 rings (SSSR count). The lowest BCUT2D eigenvalue weighted by Crippen LogP contribution is -2.09. The minimum absolute atomic E-state index is 0.640. The van der Waals surface area contributed by atoms with Crippen LogP contribution >= 0.6 is 11.8 Å². The van der Waals surface area contributed by atoms with Gasteiger partial charge >= 0.3 is 0 Å². The summed E-state index contributed by atoms with van der Waals surface area (Å²) in [6.45, 7) is 3.01. The second-order valence-corrected chi connectivity index (χ2v) is 5.61. The van der Waals surface area contributed by atoms with Gasteiger partial charge in [-0.15, -0.1) is 11.8 Å². The number of fused-ring (bicyclic) bond motifs is 1. The maximum atomic E-state index is 5.64. The van der Waals surface area contributed by atoms with Crippen molar-refractivity contribution in [3.8, 4) is 0 Å². The van der Waals surface area contributed by atoms with E-state index in [2.05, 4.69) is 49.4 Å². The normalized spacial score (nSPS) is 12.8. The Kier molecular flexibility index (Phi) is 4.46. The van der Waals surface area contributed by atoms with Gasteiger partial charge in [0, 0.05) is 10.1 Å². The summed E-state index contributed by atoms with van der Waals surface area (Å²) in [6.07, 6.45) is 2.27. The Morgan fingerprint density at radius 2 is 1.88 bits per heavy atom. The first-order valence-corrected chi connectivity index (χ1v) is 7.07. The Bertz CT molecular complexity index is 481. The summed E-state index contributed by atoms with van der Waals surface area (Å²) in [6, 6.07) is 15.2. The summed E-state index contributed by atoms with van der Waals surface area (Å²) < 4.78 is 0. The zero-order chi connectivity index (χ0) is 12.1. The molecule has 0 saturated carbocycles. The van der Waals surface area contributed by atoms with Gasteiger partial charge in [0.05, 0.1) is 0 Å². The molecule has 0 aliphatic rings. The molecule has 0 aromatic heterocycles. The molecule has 17 heavy (non-hydrogen) atoms. The monoisotopic (exact) mass is 245 g/mol. The Morgan fingerprint density at radius 3 is 2.59 bits per heavy atom. The molecule has 2 N–H and O–H groups in total. The maximum Gasteiger partial charge on any atom is 0.0104 e. The maximum absolute atomic E-state index is 5.64. The van der Waals surface area contributed by atoms with E-state index in [9.17, 15) is 0 Å². The third-order valence-electron chi connectivity index (χ3n) is 2.97. The van der Waals surface area contributed by atoms with E-state index in [0.717, 1.165) is 13.0 Å². The zero-order valence-electron chi connectivity index (χ0n) is 10.2. The second kappa shape index (κ2) is 6.08. The highest BCUT2D eigenvalue weighted by Gasteiger charge is 2.07.